The lowest BCUT2D eigenvalue weighted by Crippen LogP contribution is -2.63. The number of aliphatic hydroxyl groups is 5. The molecule has 1 aromatic carbocycles. The third kappa shape index (κ3) is 32.6. The highest BCUT2D eigenvalue weighted by Gasteiger charge is 2.43. The molecule has 3 rings (SSSR count). The number of phenolic OH excluding ortho intramolecular Hbond substituents is 1. The molecule has 1 aliphatic rings. The van der Waals surface area contributed by atoms with Gasteiger partial charge >= 0.3 is 11.9 Å². The number of nitrogens with one attached hydrogen (secondary N) is 14. The number of aliphatic hydroxyl groups excluding tert-OH is 5. The average molecular weight is 1650 g/mol. The number of aliphatic imine (C=N–C) groups is 1. The van der Waals surface area contributed by atoms with Crippen molar-refractivity contribution in [2.24, 2.45) is 39.9 Å². The number of phenols is 1. The molecule has 1 aromatic heterocycles. The molecule has 1 saturated heterocycles. The molecule has 44 heteroatoms. The zero-order valence-corrected chi connectivity index (χ0v) is 66.7. The van der Waals surface area contributed by atoms with E-state index in [1.807, 2.05) is 5.32 Å². The van der Waals surface area contributed by atoms with Gasteiger partial charge < -0.3 is 137 Å². The van der Waals surface area contributed by atoms with Gasteiger partial charge in [-0.3, -0.25) is 76.9 Å². The van der Waals surface area contributed by atoms with Crippen LogP contribution in [0.25, 0.3) is 0 Å². The number of nitrogens with zero attached hydrogens (tertiary/aromatic N) is 3. The molecule has 44 nitrogen and oxygen atoms in total. The van der Waals surface area contributed by atoms with Crippen molar-refractivity contribution in [2.45, 2.75) is 249 Å². The maximum absolute atomic E-state index is 14.3. The smallest absolute Gasteiger partial charge is 0.328 e. The minimum absolute atomic E-state index is 0.00495. The number of carbonyl (C=O) groups excluding carboxylic acids is 14. The Morgan fingerprint density at radius 2 is 0.966 bits per heavy atom. The van der Waals surface area contributed by atoms with Crippen molar-refractivity contribution in [3.8, 4) is 5.75 Å². The normalized spacial score (nSPS) is 17.3. The fraction of sp³-hybridized carbons (Fsp3) is 0.639. The first-order valence-electron chi connectivity index (χ1n) is 37.9. The predicted octanol–water partition coefficient (Wildman–Crippen LogP) is -8.56. The predicted molar refractivity (Wildman–Crippen MR) is 411 cm³/mol. The number of guanidine groups is 1. The average Bonchev–Trinajstić information content (AvgIpc) is 1.86. The molecular formula is C72H116N20O24. The van der Waals surface area contributed by atoms with E-state index >= 15 is 0 Å². The SMILES string of the molecule is CC[C@H](C)[C@H](NC(=O)[C@@H](N)Cc1ccc(O)cc1)C(=O)N[C@@H](C)C(=O)N[C@@H](CO)C(=O)N1CCC[C@H]1C(=O)N[C@@H](CCCN=C(N)N)C(=O)N[C@@H](CO)C(=O)N[C@@H](CC(=O)O)C(=O)N[C@@H](CC(C)C)C(=O)N[C@@H](C)C(=O)N[C@@H](Cc1cnc[nH]1)C(=O)N[C@@H](CC(C)C)C(=O)N[C@H](C(=O)N[C@H](C(=O)N[C@H](C(=O)O)[C@@H](C)O)[C@@H](C)O)[C@@H](C)O. The molecule has 116 heavy (non-hydrogen) atoms. The first kappa shape index (κ1) is 99.0. The Hall–Kier alpha value is -11.2. The minimum Gasteiger partial charge on any atom is -0.508 e. The molecule has 0 spiro atoms. The van der Waals surface area contributed by atoms with Crippen molar-refractivity contribution in [1.82, 2.24) is 84.0 Å². The Morgan fingerprint density at radius 3 is 1.45 bits per heavy atom. The van der Waals surface area contributed by atoms with Gasteiger partial charge in [0.05, 0.1) is 50.3 Å². The van der Waals surface area contributed by atoms with Crippen LogP contribution in [0, 0.1) is 17.8 Å². The highest BCUT2D eigenvalue weighted by molar-refractivity contribution is 6.01. The van der Waals surface area contributed by atoms with Gasteiger partial charge in [0.2, 0.25) is 82.7 Å². The Balaban J connectivity index is 1.80. The maximum atomic E-state index is 14.3. The van der Waals surface area contributed by atoms with Gasteiger partial charge in [-0.2, -0.15) is 0 Å². The monoisotopic (exact) mass is 1640 g/mol. The number of aromatic nitrogens is 2. The molecule has 14 amide bonds. The molecule has 28 N–H and O–H groups in total. The van der Waals surface area contributed by atoms with Crippen molar-refractivity contribution in [2.75, 3.05) is 26.3 Å². The molecule has 0 saturated carbocycles. The first-order chi connectivity index (χ1) is 54.3. The van der Waals surface area contributed by atoms with Crippen molar-refractivity contribution in [1.29, 1.82) is 0 Å². The first-order valence-corrected chi connectivity index (χ1v) is 37.9. The lowest BCUT2D eigenvalue weighted by atomic mass is 9.97. The number of amides is 14. The fourth-order valence-corrected chi connectivity index (χ4v) is 11.8. The van der Waals surface area contributed by atoms with E-state index in [-0.39, 0.29) is 87.8 Å². The van der Waals surface area contributed by atoms with Gasteiger partial charge in [-0.25, -0.2) is 9.78 Å². The van der Waals surface area contributed by atoms with Gasteiger partial charge in [0.15, 0.2) is 12.0 Å². The lowest BCUT2D eigenvalue weighted by molar-refractivity contribution is -0.146. The number of aromatic amines is 1. The Labute approximate surface area is 669 Å². The number of hydrogen-bond acceptors (Lipinski definition) is 25. The summed E-state index contributed by atoms with van der Waals surface area (Å²) in [5.74, 6) is -19.7. The molecule has 648 valence electrons. The summed E-state index contributed by atoms with van der Waals surface area (Å²) in [5, 5.41) is 112. The van der Waals surface area contributed by atoms with E-state index in [0.29, 0.717) is 12.0 Å². The van der Waals surface area contributed by atoms with Crippen LogP contribution in [-0.2, 0) is 89.6 Å². The summed E-state index contributed by atoms with van der Waals surface area (Å²) in [7, 11) is 0. The number of nitrogens with two attached hydrogens (primary N) is 3. The molecule has 0 aliphatic carbocycles. The number of likely N-dealkylation sites (tertiary alicyclic amines) is 1. The largest absolute Gasteiger partial charge is 0.508 e. The van der Waals surface area contributed by atoms with E-state index in [4.69, 9.17) is 17.2 Å². The zero-order chi connectivity index (χ0) is 87.7. The number of hydrogen-bond donors (Lipinski definition) is 25. The number of rotatable bonds is 49. The van der Waals surface area contributed by atoms with Crippen LogP contribution in [0.3, 0.4) is 0 Å². The van der Waals surface area contributed by atoms with E-state index in [1.165, 1.54) is 38.5 Å². The van der Waals surface area contributed by atoms with Crippen molar-refractivity contribution >= 4 is 101 Å². The summed E-state index contributed by atoms with van der Waals surface area (Å²) in [6, 6.07) is -18.3. The Bertz CT molecular complexity index is 3710. The summed E-state index contributed by atoms with van der Waals surface area (Å²) in [6.07, 6.45) is -3.97. The number of carboxylic acid groups (broad SMARTS) is 2. The van der Waals surface area contributed by atoms with Gasteiger partial charge in [0, 0.05) is 31.4 Å². The number of aromatic hydroxyl groups is 1. The highest BCUT2D eigenvalue weighted by atomic mass is 16.4. The van der Waals surface area contributed by atoms with Crippen molar-refractivity contribution < 1.29 is 118 Å². The summed E-state index contributed by atoms with van der Waals surface area (Å²) >= 11 is 0. The van der Waals surface area contributed by atoms with E-state index in [0.717, 1.165) is 25.7 Å². The molecule has 2 aromatic rings. The van der Waals surface area contributed by atoms with E-state index in [9.17, 15) is 118 Å². The number of aliphatic carboxylic acids is 2. The molecule has 0 radical (unpaired) electrons. The maximum Gasteiger partial charge on any atom is 0.328 e. The number of carbonyl (C=O) groups is 16. The molecule has 0 bridgehead atoms. The van der Waals surface area contributed by atoms with Crippen LogP contribution in [-0.4, -0.2) is 292 Å². The van der Waals surface area contributed by atoms with Crippen LogP contribution < -0.4 is 86.3 Å². The number of imidazole rings is 1. The molecule has 1 fully saturated rings. The molecule has 0 unspecified atom stereocenters. The fourth-order valence-electron chi connectivity index (χ4n) is 11.8. The summed E-state index contributed by atoms with van der Waals surface area (Å²) in [6.45, 7) is 13.3. The second kappa shape index (κ2) is 48.2. The third-order valence-electron chi connectivity index (χ3n) is 18.5. The van der Waals surface area contributed by atoms with E-state index in [2.05, 4.69) is 78.8 Å². The van der Waals surface area contributed by atoms with Crippen LogP contribution in [0.15, 0.2) is 41.8 Å². The zero-order valence-electron chi connectivity index (χ0n) is 66.7. The standard InChI is InChI=1S/C72H116N20O24/c1-12-34(6)53(88-59(103)43(73)25-40-17-19-42(98)20-18-40)67(111)80-36(8)58(102)87-50(30-94)70(114)92-22-14-16-51(92)66(110)81-44(15-13-21-77-72(74)75)60(104)86-49(29-93)65(109)85-48(27-52(99)100)63(107)83-45(23-32(2)3)61(105)79-35(7)57(101)82-47(26-41-28-76-31-78-41)62(106)84-46(24-33(4)5)64(108)89-54(37(9)95)68(112)90-55(38(10)96)69(113)91-56(39(11)97)71(115)116/h17-20,28,31-39,43-51,53-56,93-98H,12-16,21-27,29-30,73H2,1-11H3,(H,76,78)(H,79,105)(H,80,111)(H,81,110)(H,82,101)(H,83,107)(H,84,106)(H,85,109)(H,86,104)(H,87,102)(H,88,103)(H,89,108)(H,90,112)(H,91,113)(H,99,100)(H,115,116)(H4,74,75,77)/t34-,35-,36-,37+,38+,39+,43-,44-,45-,46-,47-,48-,49-,50-,51-,53-,54-,55-,56-/m0/s1. The van der Waals surface area contributed by atoms with Crippen molar-refractivity contribution in [3.63, 3.8) is 0 Å². The summed E-state index contributed by atoms with van der Waals surface area (Å²) in [5.41, 5.74) is 18.1. The number of H-pyrrole nitrogens is 1. The van der Waals surface area contributed by atoms with Gasteiger partial charge in [-0.05, 0) is 115 Å². The number of benzene rings is 1. The Morgan fingerprint density at radius 1 is 0.526 bits per heavy atom. The molecule has 2 heterocycles. The van der Waals surface area contributed by atoms with E-state index < -0.39 is 235 Å². The quantitative estimate of drug-likeness (QED) is 0.0166. The second-order valence-corrected chi connectivity index (χ2v) is 29.4. The summed E-state index contributed by atoms with van der Waals surface area (Å²) in [4.78, 5) is 230. The molecule has 1 aliphatic heterocycles. The van der Waals surface area contributed by atoms with Gasteiger partial charge in [0.1, 0.15) is 84.3 Å². The summed E-state index contributed by atoms with van der Waals surface area (Å²) < 4.78 is 0. The lowest BCUT2D eigenvalue weighted by Gasteiger charge is -2.30. The van der Waals surface area contributed by atoms with Crippen LogP contribution in [0.5, 0.6) is 5.75 Å². The van der Waals surface area contributed by atoms with Crippen LogP contribution in [0.2, 0.25) is 0 Å². The second-order valence-electron chi connectivity index (χ2n) is 29.4. The molecule has 19 atom stereocenters. The Kier molecular flexibility index (Phi) is 41.1. The molecular weight excluding hydrogens is 1530 g/mol. The van der Waals surface area contributed by atoms with E-state index in [1.54, 1.807) is 53.7 Å². The topological polar surface area (TPSA) is 714 Å². The third-order valence-corrected chi connectivity index (χ3v) is 18.5. The van der Waals surface area contributed by atoms with Crippen LogP contribution in [0.4, 0.5) is 0 Å². The van der Waals surface area contributed by atoms with Gasteiger partial charge in [-0.1, -0.05) is 60.1 Å². The van der Waals surface area contributed by atoms with Gasteiger partial charge in [-0.15, -0.1) is 0 Å². The minimum atomic E-state index is -2.06. The highest BCUT2D eigenvalue weighted by Crippen LogP contribution is 2.21. The number of carboxylic acids is 2. The van der Waals surface area contributed by atoms with Crippen molar-refractivity contribution in [3.05, 3.63) is 48.0 Å². The van der Waals surface area contributed by atoms with Crippen LogP contribution >= 0.6 is 0 Å². The van der Waals surface area contributed by atoms with Crippen LogP contribution in [0.1, 0.15) is 139 Å². The van der Waals surface area contributed by atoms with Gasteiger partial charge in [0.25, 0.3) is 0 Å².